The van der Waals surface area contributed by atoms with Crippen LogP contribution in [0.15, 0.2) is 11.6 Å². The van der Waals surface area contributed by atoms with Crippen molar-refractivity contribution in [2.24, 2.45) is 0 Å². The van der Waals surface area contributed by atoms with Gasteiger partial charge in [0, 0.05) is 0 Å². The van der Waals surface area contributed by atoms with Crippen molar-refractivity contribution < 1.29 is 5.11 Å². The summed E-state index contributed by atoms with van der Waals surface area (Å²) in [4.78, 5) is 0. The third-order valence-corrected chi connectivity index (χ3v) is 1.07. The first-order chi connectivity index (χ1) is 4.02. The highest BCUT2D eigenvalue weighted by molar-refractivity contribution is 5.28. The van der Waals surface area contributed by atoms with Gasteiger partial charge >= 0.3 is 0 Å². The molecule has 0 rings (SSSR count). The van der Waals surface area contributed by atoms with E-state index >= 15 is 0 Å². The lowest BCUT2D eigenvalue weighted by atomic mass is 10.00. The van der Waals surface area contributed by atoms with Crippen LogP contribution in [0, 0.1) is 11.3 Å². The molecule has 0 saturated heterocycles. The molecule has 0 bridgehead atoms. The molecule has 0 unspecified atom stereocenters. The van der Waals surface area contributed by atoms with Crippen molar-refractivity contribution in [1.82, 2.24) is 0 Å². The number of nitriles is 1. The van der Waals surface area contributed by atoms with Gasteiger partial charge < -0.3 is 5.11 Å². The van der Waals surface area contributed by atoms with E-state index in [1.165, 1.54) is 0 Å². The van der Waals surface area contributed by atoms with Crippen LogP contribution in [0.25, 0.3) is 0 Å². The van der Waals surface area contributed by atoms with Crippen LogP contribution in [-0.2, 0) is 0 Å². The Kier molecular flexibility index (Phi) is 2.41. The molecule has 0 radical (unpaired) electrons. The van der Waals surface area contributed by atoms with Crippen LogP contribution >= 0.6 is 0 Å². The first-order valence-corrected chi connectivity index (χ1v) is 2.81. The summed E-state index contributed by atoms with van der Waals surface area (Å²) >= 11 is 0. The fraction of sp³-hybridized carbons (Fsp3) is 0.571. The number of nitrogens with zero attached hydrogens (tertiary/aromatic N) is 1. The van der Waals surface area contributed by atoms with E-state index in [1.807, 2.05) is 6.07 Å². The summed E-state index contributed by atoms with van der Waals surface area (Å²) in [6, 6.07) is 1.90. The predicted molar refractivity (Wildman–Crippen MR) is 35.7 cm³/mol. The summed E-state index contributed by atoms with van der Waals surface area (Å²) in [5.74, 6) is 0. The molecule has 0 atom stereocenters. The number of hydrogen-bond acceptors (Lipinski definition) is 2. The first kappa shape index (κ1) is 8.19. The minimum Gasteiger partial charge on any atom is -0.385 e. The molecule has 0 aliphatic rings. The quantitative estimate of drug-likeness (QED) is 0.535. The molecule has 50 valence electrons. The van der Waals surface area contributed by atoms with E-state index in [4.69, 9.17) is 5.26 Å². The molecule has 1 N–H and O–H groups in total. The second-order valence-corrected chi connectivity index (χ2v) is 2.37. The maximum Gasteiger partial charge on any atom is 0.0974 e. The standard InChI is InChI=1S/C7H11NO/c1-4-6(5-8)7(2,3)9/h4,9H,1-3H3/b6-4+. The first-order valence-electron chi connectivity index (χ1n) is 2.81. The lowest BCUT2D eigenvalue weighted by molar-refractivity contribution is 0.124. The maximum absolute atomic E-state index is 9.19. The Bertz CT molecular complexity index is 157. The van der Waals surface area contributed by atoms with Gasteiger partial charge in [0.05, 0.1) is 17.2 Å². The van der Waals surface area contributed by atoms with Crippen LogP contribution in [0.5, 0.6) is 0 Å². The smallest absolute Gasteiger partial charge is 0.0974 e. The zero-order valence-electron chi connectivity index (χ0n) is 5.97. The Labute approximate surface area is 55.4 Å². The van der Waals surface area contributed by atoms with Crippen LogP contribution in [0.4, 0.5) is 0 Å². The molecule has 0 aliphatic heterocycles. The number of allylic oxidation sites excluding steroid dienone is 1. The predicted octanol–water partition coefficient (Wildman–Crippen LogP) is 1.23. The molecular formula is C7H11NO. The largest absolute Gasteiger partial charge is 0.385 e. The number of rotatable bonds is 1. The monoisotopic (exact) mass is 125 g/mol. The Morgan fingerprint density at radius 1 is 1.67 bits per heavy atom. The summed E-state index contributed by atoms with van der Waals surface area (Å²) in [7, 11) is 0. The highest BCUT2D eigenvalue weighted by Crippen LogP contribution is 2.12. The Balaban J connectivity index is 4.39. The fourth-order valence-electron chi connectivity index (χ4n) is 0.555. The van der Waals surface area contributed by atoms with Gasteiger partial charge in [-0.1, -0.05) is 6.08 Å². The maximum atomic E-state index is 9.19. The molecule has 0 aromatic rings. The van der Waals surface area contributed by atoms with Crippen LogP contribution in [0.3, 0.4) is 0 Å². The Hall–Kier alpha value is -0.810. The second kappa shape index (κ2) is 2.65. The molecule has 2 nitrogen and oxygen atoms in total. The van der Waals surface area contributed by atoms with E-state index in [1.54, 1.807) is 26.8 Å². The lowest BCUT2D eigenvalue weighted by Crippen LogP contribution is -2.20. The van der Waals surface area contributed by atoms with Crippen molar-refractivity contribution in [3.63, 3.8) is 0 Å². The molecule has 0 heterocycles. The lowest BCUT2D eigenvalue weighted by Gasteiger charge is -2.14. The van der Waals surface area contributed by atoms with E-state index in [-0.39, 0.29) is 0 Å². The van der Waals surface area contributed by atoms with Crippen LogP contribution in [-0.4, -0.2) is 10.7 Å². The van der Waals surface area contributed by atoms with Gasteiger partial charge in [-0.3, -0.25) is 0 Å². The van der Waals surface area contributed by atoms with Crippen LogP contribution < -0.4 is 0 Å². The van der Waals surface area contributed by atoms with E-state index in [0.717, 1.165) is 0 Å². The van der Waals surface area contributed by atoms with E-state index < -0.39 is 5.60 Å². The molecule has 9 heavy (non-hydrogen) atoms. The molecule has 0 amide bonds. The Morgan fingerprint density at radius 3 is 2.11 bits per heavy atom. The fourth-order valence-corrected chi connectivity index (χ4v) is 0.555. The SMILES string of the molecule is C/C=C(\C#N)C(C)(C)O. The minimum absolute atomic E-state index is 0.405. The summed E-state index contributed by atoms with van der Waals surface area (Å²) < 4.78 is 0. The molecule has 0 aliphatic carbocycles. The van der Waals surface area contributed by atoms with Crippen LogP contribution in [0.2, 0.25) is 0 Å². The second-order valence-electron chi connectivity index (χ2n) is 2.37. The topological polar surface area (TPSA) is 44.0 Å². The zero-order chi connectivity index (χ0) is 7.49. The highest BCUT2D eigenvalue weighted by atomic mass is 16.3. The van der Waals surface area contributed by atoms with Crippen LogP contribution in [0.1, 0.15) is 20.8 Å². The zero-order valence-corrected chi connectivity index (χ0v) is 5.97. The third-order valence-electron chi connectivity index (χ3n) is 1.07. The Morgan fingerprint density at radius 2 is 2.11 bits per heavy atom. The van der Waals surface area contributed by atoms with Gasteiger partial charge in [0.25, 0.3) is 0 Å². The van der Waals surface area contributed by atoms with Gasteiger partial charge in [-0.2, -0.15) is 5.26 Å². The highest BCUT2D eigenvalue weighted by Gasteiger charge is 2.17. The van der Waals surface area contributed by atoms with Crippen molar-refractivity contribution in [2.75, 3.05) is 0 Å². The van der Waals surface area contributed by atoms with Crippen molar-refractivity contribution >= 4 is 0 Å². The average molecular weight is 125 g/mol. The van der Waals surface area contributed by atoms with Gasteiger partial charge in [0.15, 0.2) is 0 Å². The molecule has 0 aromatic carbocycles. The van der Waals surface area contributed by atoms with E-state index in [2.05, 4.69) is 0 Å². The van der Waals surface area contributed by atoms with Gasteiger partial charge in [-0.05, 0) is 20.8 Å². The molecule has 0 saturated carbocycles. The van der Waals surface area contributed by atoms with Crippen molar-refractivity contribution in [2.45, 2.75) is 26.4 Å². The van der Waals surface area contributed by atoms with Gasteiger partial charge in [0.2, 0.25) is 0 Å². The molecule has 0 fully saturated rings. The van der Waals surface area contributed by atoms with Gasteiger partial charge in [-0.15, -0.1) is 0 Å². The summed E-state index contributed by atoms with van der Waals surface area (Å²) in [5, 5.41) is 17.6. The van der Waals surface area contributed by atoms with Gasteiger partial charge in [-0.25, -0.2) is 0 Å². The summed E-state index contributed by atoms with van der Waals surface area (Å²) in [5.41, 5.74) is -0.578. The summed E-state index contributed by atoms with van der Waals surface area (Å²) in [6.45, 7) is 4.91. The number of hydrogen-bond donors (Lipinski definition) is 1. The average Bonchev–Trinajstić information content (AvgIpc) is 1.65. The number of aliphatic hydroxyl groups is 1. The molecular weight excluding hydrogens is 114 g/mol. The minimum atomic E-state index is -0.983. The molecule has 2 heteroatoms. The van der Waals surface area contributed by atoms with Gasteiger partial charge in [0.1, 0.15) is 0 Å². The van der Waals surface area contributed by atoms with Crippen molar-refractivity contribution in [1.29, 1.82) is 5.26 Å². The van der Waals surface area contributed by atoms with Crippen molar-refractivity contribution in [3.8, 4) is 6.07 Å². The van der Waals surface area contributed by atoms with E-state index in [0.29, 0.717) is 5.57 Å². The molecule has 0 aromatic heterocycles. The van der Waals surface area contributed by atoms with E-state index in [9.17, 15) is 5.11 Å². The summed E-state index contributed by atoms with van der Waals surface area (Å²) in [6.07, 6.45) is 1.61. The molecule has 0 spiro atoms. The third kappa shape index (κ3) is 2.29. The normalized spacial score (nSPS) is 13.0. The van der Waals surface area contributed by atoms with Crippen molar-refractivity contribution in [3.05, 3.63) is 11.6 Å².